The Morgan fingerprint density at radius 3 is 2.24 bits per heavy atom. The van der Waals surface area contributed by atoms with E-state index in [2.05, 4.69) is 11.8 Å². The molecule has 0 aromatic rings. The summed E-state index contributed by atoms with van der Waals surface area (Å²) in [5, 5.41) is 8.72. The van der Waals surface area contributed by atoms with Crippen LogP contribution in [-0.4, -0.2) is 59.5 Å². The minimum absolute atomic E-state index is 0.269. The summed E-state index contributed by atoms with van der Waals surface area (Å²) in [6.07, 6.45) is 5.36. The third-order valence-electron chi connectivity index (χ3n) is 4.97. The van der Waals surface area contributed by atoms with Crippen LogP contribution in [0.5, 0.6) is 0 Å². The van der Waals surface area contributed by atoms with Gasteiger partial charge in [0.05, 0.1) is 6.54 Å². The van der Waals surface area contributed by atoms with Gasteiger partial charge in [-0.3, -0.25) is 14.5 Å². The van der Waals surface area contributed by atoms with Gasteiger partial charge in [-0.25, -0.2) is 0 Å². The van der Waals surface area contributed by atoms with E-state index in [0.29, 0.717) is 12.5 Å². The first kappa shape index (κ1) is 16.3. The molecular formula is C16H28N2O3. The molecule has 0 atom stereocenters. The molecule has 2 saturated heterocycles. The predicted molar refractivity (Wildman–Crippen MR) is 81.0 cm³/mol. The molecule has 21 heavy (non-hydrogen) atoms. The van der Waals surface area contributed by atoms with Crippen LogP contribution in [0.3, 0.4) is 0 Å². The molecule has 1 amide bonds. The zero-order chi connectivity index (χ0) is 15.2. The molecule has 0 aromatic carbocycles. The van der Waals surface area contributed by atoms with E-state index in [4.69, 9.17) is 5.11 Å². The Hall–Kier alpha value is -1.10. The van der Waals surface area contributed by atoms with Crippen molar-refractivity contribution in [3.63, 3.8) is 0 Å². The molecule has 0 spiro atoms. The van der Waals surface area contributed by atoms with Crippen LogP contribution in [0.25, 0.3) is 0 Å². The number of hydrogen-bond acceptors (Lipinski definition) is 3. The normalized spacial score (nSPS) is 22.4. The van der Waals surface area contributed by atoms with Gasteiger partial charge in [-0.15, -0.1) is 0 Å². The van der Waals surface area contributed by atoms with Crippen molar-refractivity contribution in [2.24, 2.45) is 11.8 Å². The van der Waals surface area contributed by atoms with Gasteiger partial charge in [0.15, 0.2) is 0 Å². The van der Waals surface area contributed by atoms with Crippen LogP contribution in [0.4, 0.5) is 0 Å². The molecule has 0 radical (unpaired) electrons. The fourth-order valence-electron chi connectivity index (χ4n) is 3.31. The molecule has 2 fully saturated rings. The Morgan fingerprint density at radius 1 is 1.05 bits per heavy atom. The number of carboxylic acids is 1. The molecule has 0 unspecified atom stereocenters. The highest BCUT2D eigenvalue weighted by atomic mass is 16.4. The maximum Gasteiger partial charge on any atom is 0.303 e. The molecule has 2 aliphatic rings. The van der Waals surface area contributed by atoms with E-state index in [0.717, 1.165) is 64.2 Å². The smallest absolute Gasteiger partial charge is 0.303 e. The number of nitrogens with zero attached hydrogens (tertiary/aromatic N) is 2. The Kier molecular flexibility index (Phi) is 6.03. The quantitative estimate of drug-likeness (QED) is 0.840. The van der Waals surface area contributed by atoms with Gasteiger partial charge in [0.25, 0.3) is 0 Å². The molecule has 0 aromatic heterocycles. The largest absolute Gasteiger partial charge is 0.481 e. The van der Waals surface area contributed by atoms with Crippen LogP contribution in [0, 0.1) is 11.8 Å². The molecule has 1 N–H and O–H groups in total. The average Bonchev–Trinajstić information content (AvgIpc) is 2.47. The second kappa shape index (κ2) is 7.78. The van der Waals surface area contributed by atoms with Crippen molar-refractivity contribution < 1.29 is 14.7 Å². The zero-order valence-corrected chi connectivity index (χ0v) is 13.1. The Labute approximate surface area is 127 Å². The lowest BCUT2D eigenvalue weighted by molar-refractivity contribution is -0.137. The molecule has 120 valence electrons. The highest BCUT2D eigenvalue weighted by molar-refractivity contribution is 5.78. The summed E-state index contributed by atoms with van der Waals surface area (Å²) < 4.78 is 0. The lowest BCUT2D eigenvalue weighted by Gasteiger charge is -2.35. The summed E-state index contributed by atoms with van der Waals surface area (Å²) >= 11 is 0. The van der Waals surface area contributed by atoms with E-state index >= 15 is 0 Å². The summed E-state index contributed by atoms with van der Waals surface area (Å²) in [5.74, 6) is 0.833. The van der Waals surface area contributed by atoms with E-state index in [1.807, 2.05) is 4.90 Å². The zero-order valence-electron chi connectivity index (χ0n) is 13.1. The third kappa shape index (κ3) is 5.30. The topological polar surface area (TPSA) is 60.9 Å². The van der Waals surface area contributed by atoms with Gasteiger partial charge >= 0.3 is 5.97 Å². The maximum atomic E-state index is 12.3. The summed E-state index contributed by atoms with van der Waals surface area (Å²) in [5.41, 5.74) is 0. The number of rotatable bonds is 5. The second-order valence-electron chi connectivity index (χ2n) is 6.72. The molecule has 2 heterocycles. The summed E-state index contributed by atoms with van der Waals surface area (Å²) in [7, 11) is 0. The standard InChI is InChI=1S/C16H28N2O3/c1-13-4-10-18(11-5-13)15(19)12-17-8-6-14(7-9-17)2-3-16(20)21/h13-14H,2-12H2,1H3,(H,20,21). The van der Waals surface area contributed by atoms with Crippen LogP contribution in [-0.2, 0) is 9.59 Å². The molecule has 5 heteroatoms. The molecule has 2 aliphatic heterocycles. The number of piperidine rings is 2. The van der Waals surface area contributed by atoms with Crippen LogP contribution in [0.2, 0.25) is 0 Å². The van der Waals surface area contributed by atoms with E-state index in [1.165, 1.54) is 0 Å². The van der Waals surface area contributed by atoms with Crippen molar-refractivity contribution in [3.05, 3.63) is 0 Å². The van der Waals surface area contributed by atoms with Gasteiger partial charge in [0.1, 0.15) is 0 Å². The highest BCUT2D eigenvalue weighted by Gasteiger charge is 2.25. The van der Waals surface area contributed by atoms with Crippen molar-refractivity contribution in [2.75, 3.05) is 32.7 Å². The number of carbonyl (C=O) groups excluding carboxylic acids is 1. The van der Waals surface area contributed by atoms with Crippen molar-refractivity contribution in [2.45, 2.75) is 45.4 Å². The second-order valence-corrected chi connectivity index (χ2v) is 6.72. The minimum Gasteiger partial charge on any atom is -0.481 e. The maximum absolute atomic E-state index is 12.3. The van der Waals surface area contributed by atoms with Gasteiger partial charge in [-0.2, -0.15) is 0 Å². The molecule has 0 saturated carbocycles. The number of aliphatic carboxylic acids is 1. The SMILES string of the molecule is CC1CCN(C(=O)CN2CCC(CCC(=O)O)CC2)CC1. The van der Waals surface area contributed by atoms with Crippen LogP contribution < -0.4 is 0 Å². The average molecular weight is 296 g/mol. The first-order valence-corrected chi connectivity index (χ1v) is 8.26. The van der Waals surface area contributed by atoms with Crippen LogP contribution in [0.1, 0.15) is 45.4 Å². The first-order chi connectivity index (χ1) is 10.0. The lowest BCUT2D eigenvalue weighted by Crippen LogP contribution is -2.45. The number of amides is 1. The van der Waals surface area contributed by atoms with Crippen molar-refractivity contribution in [3.8, 4) is 0 Å². The molecule has 2 rings (SSSR count). The van der Waals surface area contributed by atoms with E-state index in [1.54, 1.807) is 0 Å². The predicted octanol–water partition coefficient (Wildman–Crippen LogP) is 1.82. The highest BCUT2D eigenvalue weighted by Crippen LogP contribution is 2.22. The Balaban J connectivity index is 1.66. The number of hydrogen-bond donors (Lipinski definition) is 1. The fraction of sp³-hybridized carbons (Fsp3) is 0.875. The molecule has 5 nitrogen and oxygen atoms in total. The van der Waals surface area contributed by atoms with Crippen molar-refractivity contribution >= 4 is 11.9 Å². The fourth-order valence-corrected chi connectivity index (χ4v) is 3.31. The van der Waals surface area contributed by atoms with Gasteiger partial charge < -0.3 is 10.0 Å². The van der Waals surface area contributed by atoms with E-state index < -0.39 is 5.97 Å². The van der Waals surface area contributed by atoms with Crippen LogP contribution >= 0.6 is 0 Å². The number of likely N-dealkylation sites (tertiary alicyclic amines) is 2. The summed E-state index contributed by atoms with van der Waals surface area (Å²) in [6.45, 7) is 6.48. The van der Waals surface area contributed by atoms with Gasteiger partial charge in [0.2, 0.25) is 5.91 Å². The molecule has 0 bridgehead atoms. The third-order valence-corrected chi connectivity index (χ3v) is 4.97. The molecule has 0 aliphatic carbocycles. The molecular weight excluding hydrogens is 268 g/mol. The van der Waals surface area contributed by atoms with Gasteiger partial charge in [-0.05, 0) is 57.0 Å². The van der Waals surface area contributed by atoms with Crippen molar-refractivity contribution in [1.29, 1.82) is 0 Å². The number of carbonyl (C=O) groups is 2. The first-order valence-electron chi connectivity index (χ1n) is 8.26. The lowest BCUT2D eigenvalue weighted by atomic mass is 9.92. The van der Waals surface area contributed by atoms with Gasteiger partial charge in [-0.1, -0.05) is 6.92 Å². The minimum atomic E-state index is -0.702. The Bertz CT molecular complexity index is 357. The van der Waals surface area contributed by atoms with Gasteiger partial charge in [0, 0.05) is 19.5 Å². The van der Waals surface area contributed by atoms with Crippen LogP contribution in [0.15, 0.2) is 0 Å². The van der Waals surface area contributed by atoms with E-state index in [9.17, 15) is 9.59 Å². The monoisotopic (exact) mass is 296 g/mol. The van der Waals surface area contributed by atoms with E-state index in [-0.39, 0.29) is 12.3 Å². The summed E-state index contributed by atoms with van der Waals surface area (Å²) in [6, 6.07) is 0. The number of carboxylic acid groups (broad SMARTS) is 1. The Morgan fingerprint density at radius 2 is 1.67 bits per heavy atom. The van der Waals surface area contributed by atoms with Crippen molar-refractivity contribution in [1.82, 2.24) is 9.80 Å². The summed E-state index contributed by atoms with van der Waals surface area (Å²) in [4.78, 5) is 27.1.